The molecular weight excluding hydrogens is 258 g/mol. The smallest absolute Gasteiger partial charge is 0.140 e. The van der Waals surface area contributed by atoms with Crippen LogP contribution >= 0.6 is 11.3 Å². The van der Waals surface area contributed by atoms with Crippen molar-refractivity contribution in [2.45, 2.75) is 25.2 Å². The molecule has 3 nitrogen and oxygen atoms in total. The monoisotopic (exact) mass is 271 g/mol. The van der Waals surface area contributed by atoms with Gasteiger partial charge in [-0.05, 0) is 29.8 Å². The highest BCUT2D eigenvalue weighted by Crippen LogP contribution is 2.37. The van der Waals surface area contributed by atoms with Crippen LogP contribution < -0.4 is 0 Å². The van der Waals surface area contributed by atoms with E-state index in [4.69, 9.17) is 0 Å². The molecule has 0 aromatic carbocycles. The summed E-state index contributed by atoms with van der Waals surface area (Å²) in [5.41, 5.74) is 1.12. The van der Waals surface area contributed by atoms with E-state index in [0.717, 1.165) is 15.3 Å². The van der Waals surface area contributed by atoms with Crippen molar-refractivity contribution >= 4 is 22.9 Å². The van der Waals surface area contributed by atoms with Gasteiger partial charge in [-0.2, -0.15) is 0 Å². The van der Waals surface area contributed by atoms with Crippen molar-refractivity contribution in [2.24, 2.45) is 0 Å². The number of ketones is 2. The highest BCUT2D eigenvalue weighted by atomic mass is 32.1. The number of pyridine rings is 1. The minimum Gasteiger partial charge on any atom is -0.299 e. The summed E-state index contributed by atoms with van der Waals surface area (Å²) in [7, 11) is 0. The minimum atomic E-state index is 0.0695. The molecule has 1 aliphatic carbocycles. The number of hydrogen-bond donors (Lipinski definition) is 0. The van der Waals surface area contributed by atoms with Crippen LogP contribution in [0.3, 0.4) is 0 Å². The maximum Gasteiger partial charge on any atom is 0.140 e. The first-order valence-electron chi connectivity index (χ1n) is 6.26. The molecule has 19 heavy (non-hydrogen) atoms. The second-order valence-corrected chi connectivity index (χ2v) is 5.91. The van der Waals surface area contributed by atoms with Crippen molar-refractivity contribution in [2.75, 3.05) is 0 Å². The lowest BCUT2D eigenvalue weighted by Gasteiger charge is -2.18. The van der Waals surface area contributed by atoms with Gasteiger partial charge in [0.15, 0.2) is 0 Å². The Morgan fingerprint density at radius 2 is 1.68 bits per heavy atom. The van der Waals surface area contributed by atoms with Crippen LogP contribution in [0.15, 0.2) is 36.7 Å². The van der Waals surface area contributed by atoms with Gasteiger partial charge in [0.2, 0.25) is 0 Å². The molecule has 0 unspecified atom stereocenters. The molecule has 0 N–H and O–H groups in total. The van der Waals surface area contributed by atoms with Crippen molar-refractivity contribution in [1.29, 1.82) is 0 Å². The van der Waals surface area contributed by atoms with Crippen LogP contribution in [0.4, 0.5) is 0 Å². The van der Waals surface area contributed by atoms with E-state index in [-0.39, 0.29) is 23.9 Å². The lowest BCUT2D eigenvalue weighted by atomic mass is 9.86. The zero-order valence-corrected chi connectivity index (χ0v) is 11.2. The van der Waals surface area contributed by atoms with Crippen LogP contribution in [-0.2, 0) is 9.59 Å². The van der Waals surface area contributed by atoms with Gasteiger partial charge in [0.25, 0.3) is 0 Å². The number of nitrogens with zero attached hydrogens (tertiary/aromatic N) is 1. The van der Waals surface area contributed by atoms with Crippen molar-refractivity contribution < 1.29 is 9.59 Å². The molecule has 0 aliphatic heterocycles. The van der Waals surface area contributed by atoms with E-state index in [0.29, 0.717) is 12.8 Å². The number of hydrogen-bond acceptors (Lipinski definition) is 4. The molecule has 0 bridgehead atoms. The molecule has 0 radical (unpaired) electrons. The highest BCUT2D eigenvalue weighted by Gasteiger charge is 2.27. The predicted octanol–water partition coefficient (Wildman–Crippen LogP) is 3.22. The van der Waals surface area contributed by atoms with E-state index in [1.807, 2.05) is 18.2 Å². The van der Waals surface area contributed by atoms with Crippen LogP contribution in [0, 0.1) is 0 Å². The second kappa shape index (κ2) is 5.05. The Morgan fingerprint density at radius 1 is 1.00 bits per heavy atom. The normalized spacial score (nSPS) is 16.8. The van der Waals surface area contributed by atoms with E-state index in [9.17, 15) is 9.59 Å². The van der Waals surface area contributed by atoms with E-state index < -0.39 is 0 Å². The molecular formula is C15H13NO2S. The Morgan fingerprint density at radius 3 is 2.37 bits per heavy atom. The molecule has 1 aliphatic rings. The molecule has 0 amide bonds. The van der Waals surface area contributed by atoms with Gasteiger partial charge in [0.05, 0.1) is 6.42 Å². The maximum absolute atomic E-state index is 11.5. The molecule has 2 aromatic heterocycles. The van der Waals surface area contributed by atoms with E-state index >= 15 is 0 Å². The van der Waals surface area contributed by atoms with Crippen LogP contribution in [0.2, 0.25) is 0 Å². The zero-order chi connectivity index (χ0) is 13.2. The number of Topliss-reactive ketones (excluding diaryl/α,β-unsaturated/α-hetero) is 2. The van der Waals surface area contributed by atoms with Crippen LogP contribution in [0.5, 0.6) is 0 Å². The maximum atomic E-state index is 11.5. The Bertz CT molecular complexity index is 602. The highest BCUT2D eigenvalue weighted by molar-refractivity contribution is 7.15. The third-order valence-corrected chi connectivity index (χ3v) is 4.63. The van der Waals surface area contributed by atoms with Gasteiger partial charge in [0.1, 0.15) is 11.6 Å². The Balaban J connectivity index is 1.85. The van der Waals surface area contributed by atoms with Gasteiger partial charge in [-0.25, -0.2) is 0 Å². The second-order valence-electron chi connectivity index (χ2n) is 4.80. The number of carbonyl (C=O) groups is 2. The Hall–Kier alpha value is -1.81. The topological polar surface area (TPSA) is 47.0 Å². The zero-order valence-electron chi connectivity index (χ0n) is 10.3. The van der Waals surface area contributed by atoms with E-state index in [2.05, 4.69) is 11.1 Å². The Labute approximate surface area is 115 Å². The quantitative estimate of drug-likeness (QED) is 0.788. The van der Waals surface area contributed by atoms with Gasteiger partial charge in [0, 0.05) is 40.9 Å². The lowest BCUT2D eigenvalue weighted by molar-refractivity contribution is -0.130. The third kappa shape index (κ3) is 2.63. The summed E-state index contributed by atoms with van der Waals surface area (Å²) in [6, 6.07) is 8.02. The van der Waals surface area contributed by atoms with E-state index in [1.165, 1.54) is 0 Å². The molecule has 96 valence electrons. The average Bonchev–Trinajstić information content (AvgIpc) is 2.88. The average molecular weight is 271 g/mol. The Kier molecular flexibility index (Phi) is 3.25. The largest absolute Gasteiger partial charge is 0.299 e. The molecule has 1 saturated carbocycles. The summed E-state index contributed by atoms with van der Waals surface area (Å²) >= 11 is 1.66. The molecule has 0 saturated heterocycles. The van der Waals surface area contributed by atoms with Gasteiger partial charge in [-0.1, -0.05) is 0 Å². The first-order valence-corrected chi connectivity index (χ1v) is 7.07. The van der Waals surface area contributed by atoms with E-state index in [1.54, 1.807) is 23.7 Å². The fourth-order valence-corrected chi connectivity index (χ4v) is 3.54. The van der Waals surface area contributed by atoms with Crippen molar-refractivity contribution in [1.82, 2.24) is 4.98 Å². The number of thiophene rings is 1. The van der Waals surface area contributed by atoms with Crippen molar-refractivity contribution in [3.8, 4) is 10.4 Å². The molecule has 3 rings (SSSR count). The minimum absolute atomic E-state index is 0.0695. The molecule has 1 fully saturated rings. The van der Waals surface area contributed by atoms with Crippen LogP contribution in [0.25, 0.3) is 10.4 Å². The predicted molar refractivity (Wildman–Crippen MR) is 74.2 cm³/mol. The molecule has 0 spiro atoms. The summed E-state index contributed by atoms with van der Waals surface area (Å²) in [6.45, 7) is 0. The van der Waals surface area contributed by atoms with Gasteiger partial charge < -0.3 is 0 Å². The number of carbonyl (C=O) groups excluding carboxylic acids is 2. The molecule has 2 heterocycles. The van der Waals surface area contributed by atoms with Crippen LogP contribution in [-0.4, -0.2) is 16.6 Å². The van der Waals surface area contributed by atoms with Crippen molar-refractivity contribution in [3.63, 3.8) is 0 Å². The summed E-state index contributed by atoms with van der Waals surface area (Å²) in [4.78, 5) is 29.3. The summed E-state index contributed by atoms with van der Waals surface area (Å²) in [5, 5.41) is 0. The summed E-state index contributed by atoms with van der Waals surface area (Å²) in [5.74, 6) is 0.217. The number of rotatable bonds is 2. The standard InChI is InChI=1S/C15H13NO2S/c17-12-7-11(8-13(18)9-12)15-2-1-14(19-15)10-3-5-16-6-4-10/h1-6,11H,7-9H2. The fraction of sp³-hybridized carbons (Fsp3) is 0.267. The van der Waals surface area contributed by atoms with Crippen LogP contribution in [0.1, 0.15) is 30.1 Å². The van der Waals surface area contributed by atoms with Gasteiger partial charge in [-0.15, -0.1) is 11.3 Å². The number of aromatic nitrogens is 1. The van der Waals surface area contributed by atoms with Crippen molar-refractivity contribution in [3.05, 3.63) is 41.5 Å². The SMILES string of the molecule is O=C1CC(=O)CC(c2ccc(-c3ccncc3)s2)C1. The van der Waals surface area contributed by atoms with Gasteiger partial charge in [-0.3, -0.25) is 14.6 Å². The third-order valence-electron chi connectivity index (χ3n) is 3.34. The molecule has 2 aromatic rings. The molecule has 4 heteroatoms. The first kappa shape index (κ1) is 12.2. The first-order chi connectivity index (χ1) is 9.22. The fourth-order valence-electron chi connectivity index (χ4n) is 2.43. The summed E-state index contributed by atoms with van der Waals surface area (Å²) in [6.07, 6.45) is 4.66. The molecule has 0 atom stereocenters. The lowest BCUT2D eigenvalue weighted by Crippen LogP contribution is -2.20. The van der Waals surface area contributed by atoms with Gasteiger partial charge >= 0.3 is 0 Å². The summed E-state index contributed by atoms with van der Waals surface area (Å²) < 4.78 is 0.